The van der Waals surface area contributed by atoms with Gasteiger partial charge in [0.05, 0.1) is 0 Å². The minimum Gasteiger partial charge on any atom is -0.398 e. The van der Waals surface area contributed by atoms with Gasteiger partial charge in [-0.1, -0.05) is 32.0 Å². The number of hydrogen-bond donors (Lipinski definition) is 1. The Bertz CT molecular complexity index is 401. The zero-order valence-corrected chi connectivity index (χ0v) is 11.8. The largest absolute Gasteiger partial charge is 0.398 e. The number of rotatable bonds is 5. The lowest BCUT2D eigenvalue weighted by atomic mass is 10.1. The quantitative estimate of drug-likeness (QED) is 0.814. The second kappa shape index (κ2) is 6.43. The Morgan fingerprint density at radius 1 is 1.28 bits per heavy atom. The van der Waals surface area contributed by atoms with E-state index >= 15 is 0 Å². The molecule has 0 radical (unpaired) electrons. The van der Waals surface area contributed by atoms with E-state index in [1.165, 1.54) is 0 Å². The number of nitrogens with zero attached hydrogens (tertiary/aromatic N) is 1. The van der Waals surface area contributed by atoms with Crippen LogP contribution >= 0.6 is 0 Å². The Balaban J connectivity index is 2.88. The highest BCUT2D eigenvalue weighted by molar-refractivity contribution is 5.78. The fourth-order valence-electron chi connectivity index (χ4n) is 1.83. The number of carbonyl (C=O) groups is 1. The first-order valence-corrected chi connectivity index (χ1v) is 6.61. The highest BCUT2D eigenvalue weighted by atomic mass is 16.2. The molecule has 3 heteroatoms. The van der Waals surface area contributed by atoms with Crippen LogP contribution in [0.15, 0.2) is 24.3 Å². The van der Waals surface area contributed by atoms with Crippen molar-refractivity contribution in [1.82, 2.24) is 4.90 Å². The maximum absolute atomic E-state index is 12.3. The van der Waals surface area contributed by atoms with Crippen LogP contribution in [0.25, 0.3) is 0 Å². The van der Waals surface area contributed by atoms with E-state index in [0.29, 0.717) is 6.54 Å². The Kier molecular flexibility index (Phi) is 5.20. The summed E-state index contributed by atoms with van der Waals surface area (Å²) in [5.41, 5.74) is 7.71. The summed E-state index contributed by atoms with van der Waals surface area (Å²) in [6.07, 6.45) is 0.867. The predicted molar refractivity (Wildman–Crippen MR) is 76.0 cm³/mol. The molecule has 1 atom stereocenters. The van der Waals surface area contributed by atoms with E-state index < -0.39 is 0 Å². The SMILES string of the molecule is CCC(C)C(=O)N(Cc1ccccc1N)C(C)C. The first-order chi connectivity index (χ1) is 8.47. The Morgan fingerprint density at radius 2 is 1.89 bits per heavy atom. The number of anilines is 1. The first kappa shape index (κ1) is 14.6. The number of carbonyl (C=O) groups excluding carboxylic acids is 1. The molecule has 0 heterocycles. The van der Waals surface area contributed by atoms with Crippen LogP contribution in [-0.4, -0.2) is 16.8 Å². The smallest absolute Gasteiger partial charge is 0.225 e. The molecule has 1 aromatic rings. The van der Waals surface area contributed by atoms with E-state index in [2.05, 4.69) is 0 Å². The van der Waals surface area contributed by atoms with Crippen molar-refractivity contribution in [2.24, 2.45) is 5.92 Å². The van der Waals surface area contributed by atoms with Crippen LogP contribution in [-0.2, 0) is 11.3 Å². The van der Waals surface area contributed by atoms with Crippen LogP contribution in [0.1, 0.15) is 39.7 Å². The zero-order chi connectivity index (χ0) is 13.7. The van der Waals surface area contributed by atoms with Gasteiger partial charge >= 0.3 is 0 Å². The zero-order valence-electron chi connectivity index (χ0n) is 11.8. The van der Waals surface area contributed by atoms with Gasteiger partial charge in [0.25, 0.3) is 0 Å². The summed E-state index contributed by atoms with van der Waals surface area (Å²) in [5.74, 6) is 0.271. The molecular weight excluding hydrogens is 224 g/mol. The number of para-hydroxylation sites is 1. The molecule has 0 saturated heterocycles. The van der Waals surface area contributed by atoms with E-state index in [4.69, 9.17) is 5.73 Å². The summed E-state index contributed by atoms with van der Waals surface area (Å²) in [7, 11) is 0. The molecule has 1 rings (SSSR count). The lowest BCUT2D eigenvalue weighted by Crippen LogP contribution is -2.39. The molecule has 1 amide bonds. The highest BCUT2D eigenvalue weighted by Gasteiger charge is 2.22. The molecule has 0 spiro atoms. The van der Waals surface area contributed by atoms with Gasteiger partial charge in [0.2, 0.25) is 5.91 Å². The summed E-state index contributed by atoms with van der Waals surface area (Å²) >= 11 is 0. The molecule has 1 aromatic carbocycles. The highest BCUT2D eigenvalue weighted by Crippen LogP contribution is 2.18. The number of nitrogen functional groups attached to an aromatic ring is 1. The van der Waals surface area contributed by atoms with Crippen LogP contribution in [0.2, 0.25) is 0 Å². The summed E-state index contributed by atoms with van der Waals surface area (Å²) in [5, 5.41) is 0. The number of amides is 1. The van der Waals surface area contributed by atoms with Crippen LogP contribution in [0.5, 0.6) is 0 Å². The molecule has 0 fully saturated rings. The van der Waals surface area contributed by atoms with Crippen molar-refractivity contribution >= 4 is 11.6 Å². The minimum atomic E-state index is 0.0670. The van der Waals surface area contributed by atoms with Gasteiger partial charge in [-0.2, -0.15) is 0 Å². The van der Waals surface area contributed by atoms with Gasteiger partial charge in [-0.05, 0) is 31.9 Å². The van der Waals surface area contributed by atoms with Gasteiger partial charge in [0.15, 0.2) is 0 Å². The maximum Gasteiger partial charge on any atom is 0.225 e. The predicted octanol–water partition coefficient (Wildman–Crippen LogP) is 3.05. The average Bonchev–Trinajstić information content (AvgIpc) is 2.35. The summed E-state index contributed by atoms with van der Waals surface area (Å²) in [6, 6.07) is 7.91. The molecule has 18 heavy (non-hydrogen) atoms. The molecule has 2 N–H and O–H groups in total. The second-order valence-corrected chi connectivity index (χ2v) is 5.07. The van der Waals surface area contributed by atoms with Crippen molar-refractivity contribution in [3.8, 4) is 0 Å². The van der Waals surface area contributed by atoms with E-state index in [0.717, 1.165) is 17.7 Å². The fraction of sp³-hybridized carbons (Fsp3) is 0.533. The molecule has 100 valence electrons. The molecule has 0 aromatic heterocycles. The first-order valence-electron chi connectivity index (χ1n) is 6.61. The van der Waals surface area contributed by atoms with Gasteiger partial charge in [-0.15, -0.1) is 0 Å². The van der Waals surface area contributed by atoms with Crippen molar-refractivity contribution in [2.45, 2.75) is 46.7 Å². The molecule has 0 aliphatic carbocycles. The maximum atomic E-state index is 12.3. The van der Waals surface area contributed by atoms with Crippen LogP contribution in [0.4, 0.5) is 5.69 Å². The van der Waals surface area contributed by atoms with Gasteiger partial charge < -0.3 is 10.6 Å². The Labute approximate surface area is 110 Å². The lowest BCUT2D eigenvalue weighted by Gasteiger charge is -2.29. The van der Waals surface area contributed by atoms with Crippen molar-refractivity contribution in [1.29, 1.82) is 0 Å². The monoisotopic (exact) mass is 248 g/mol. The number of nitrogens with two attached hydrogens (primary N) is 1. The summed E-state index contributed by atoms with van der Waals surface area (Å²) in [4.78, 5) is 14.2. The fourth-order valence-corrected chi connectivity index (χ4v) is 1.83. The molecule has 0 aliphatic rings. The Morgan fingerprint density at radius 3 is 2.39 bits per heavy atom. The molecule has 3 nitrogen and oxygen atoms in total. The average molecular weight is 248 g/mol. The van der Waals surface area contributed by atoms with E-state index in [1.807, 2.05) is 56.9 Å². The van der Waals surface area contributed by atoms with Crippen molar-refractivity contribution in [2.75, 3.05) is 5.73 Å². The third kappa shape index (κ3) is 3.49. The Hall–Kier alpha value is -1.51. The molecule has 0 aliphatic heterocycles. The van der Waals surface area contributed by atoms with Crippen molar-refractivity contribution in [3.05, 3.63) is 29.8 Å². The topological polar surface area (TPSA) is 46.3 Å². The van der Waals surface area contributed by atoms with Crippen molar-refractivity contribution in [3.63, 3.8) is 0 Å². The third-order valence-electron chi connectivity index (χ3n) is 3.34. The normalized spacial score (nSPS) is 12.5. The molecule has 1 unspecified atom stereocenters. The van der Waals surface area contributed by atoms with Crippen LogP contribution < -0.4 is 5.73 Å². The van der Waals surface area contributed by atoms with E-state index in [9.17, 15) is 4.79 Å². The van der Waals surface area contributed by atoms with E-state index in [1.54, 1.807) is 0 Å². The number of hydrogen-bond acceptors (Lipinski definition) is 2. The second-order valence-electron chi connectivity index (χ2n) is 5.07. The summed E-state index contributed by atoms with van der Waals surface area (Å²) in [6.45, 7) is 8.69. The molecule has 0 saturated carbocycles. The van der Waals surface area contributed by atoms with Gasteiger partial charge in [-0.25, -0.2) is 0 Å². The van der Waals surface area contributed by atoms with E-state index in [-0.39, 0.29) is 17.9 Å². The number of benzene rings is 1. The molecule has 0 bridgehead atoms. The third-order valence-corrected chi connectivity index (χ3v) is 3.34. The van der Waals surface area contributed by atoms with Gasteiger partial charge in [0, 0.05) is 24.2 Å². The molecular formula is C15H24N2O. The standard InChI is InChI=1S/C15H24N2O/c1-5-12(4)15(18)17(11(2)3)10-13-8-6-7-9-14(13)16/h6-9,11-12H,5,10,16H2,1-4H3. The van der Waals surface area contributed by atoms with Gasteiger partial charge in [-0.3, -0.25) is 4.79 Å². The van der Waals surface area contributed by atoms with Gasteiger partial charge in [0.1, 0.15) is 0 Å². The minimum absolute atomic E-state index is 0.0670. The van der Waals surface area contributed by atoms with Crippen LogP contribution in [0.3, 0.4) is 0 Å². The lowest BCUT2D eigenvalue weighted by molar-refractivity contribution is -0.137. The van der Waals surface area contributed by atoms with Crippen LogP contribution in [0, 0.1) is 5.92 Å². The summed E-state index contributed by atoms with van der Waals surface area (Å²) < 4.78 is 0. The van der Waals surface area contributed by atoms with Crippen molar-refractivity contribution < 1.29 is 4.79 Å².